The molecule has 116 valence electrons. The Kier molecular flexibility index (Phi) is 4.58. The van der Waals surface area contributed by atoms with Crippen LogP contribution in [-0.2, 0) is 4.74 Å². The molecule has 3 atom stereocenters. The molecule has 0 spiro atoms. The number of hydrogen-bond acceptors (Lipinski definition) is 3. The van der Waals surface area contributed by atoms with Crippen molar-refractivity contribution < 1.29 is 9.53 Å². The molecule has 1 aliphatic carbocycles. The number of nitrogens with zero attached hydrogens (tertiary/aromatic N) is 1. The normalized spacial score (nSPS) is 29.5. The fraction of sp³-hybridized carbons (Fsp3) is 0.750. The minimum absolute atomic E-state index is 0.00317. The number of ether oxygens (including phenoxy) is 1. The minimum Gasteiger partial charge on any atom is -0.381 e. The molecule has 1 saturated carbocycles. The van der Waals surface area contributed by atoms with E-state index >= 15 is 0 Å². The van der Waals surface area contributed by atoms with Gasteiger partial charge in [0.05, 0.1) is 24.1 Å². The van der Waals surface area contributed by atoms with Gasteiger partial charge in [-0.15, -0.1) is 0 Å². The second-order valence-electron chi connectivity index (χ2n) is 6.49. The van der Waals surface area contributed by atoms with Crippen molar-refractivity contribution in [1.29, 1.82) is 0 Å². The highest BCUT2D eigenvalue weighted by molar-refractivity contribution is 5.95. The van der Waals surface area contributed by atoms with Crippen LogP contribution in [-0.4, -0.2) is 35.9 Å². The van der Waals surface area contributed by atoms with Crippen LogP contribution in [0.2, 0.25) is 0 Å². The van der Waals surface area contributed by atoms with Crippen molar-refractivity contribution in [1.82, 2.24) is 15.5 Å². The van der Waals surface area contributed by atoms with Gasteiger partial charge in [-0.25, -0.2) is 0 Å². The maximum Gasteiger partial charge on any atom is 0.254 e. The lowest BCUT2D eigenvalue weighted by molar-refractivity contribution is 0.0935. The number of aromatic amines is 1. The van der Waals surface area contributed by atoms with E-state index in [1.807, 2.05) is 0 Å². The first-order valence-electron chi connectivity index (χ1n) is 8.15. The Morgan fingerprint density at radius 3 is 3.05 bits per heavy atom. The van der Waals surface area contributed by atoms with Crippen LogP contribution in [0.25, 0.3) is 0 Å². The first-order chi connectivity index (χ1) is 10.3. The number of carbonyl (C=O) groups is 1. The molecule has 21 heavy (non-hydrogen) atoms. The van der Waals surface area contributed by atoms with Gasteiger partial charge in [-0.2, -0.15) is 5.10 Å². The number of rotatable bonds is 4. The van der Waals surface area contributed by atoms with Crippen molar-refractivity contribution in [2.75, 3.05) is 19.8 Å². The molecule has 3 unspecified atom stereocenters. The van der Waals surface area contributed by atoms with Crippen molar-refractivity contribution >= 4 is 5.91 Å². The van der Waals surface area contributed by atoms with Gasteiger partial charge in [-0.1, -0.05) is 26.2 Å². The topological polar surface area (TPSA) is 67.0 Å². The molecule has 0 aromatic carbocycles. The van der Waals surface area contributed by atoms with Gasteiger partial charge < -0.3 is 10.1 Å². The number of H-pyrrole nitrogens is 1. The van der Waals surface area contributed by atoms with E-state index < -0.39 is 0 Å². The lowest BCUT2D eigenvalue weighted by atomic mass is 9.80. The molecule has 1 amide bonds. The fourth-order valence-corrected chi connectivity index (χ4v) is 3.57. The molecular weight excluding hydrogens is 266 g/mol. The minimum atomic E-state index is 0.00317. The van der Waals surface area contributed by atoms with Crippen LogP contribution in [0.5, 0.6) is 0 Å². The summed E-state index contributed by atoms with van der Waals surface area (Å²) >= 11 is 0. The second-order valence-corrected chi connectivity index (χ2v) is 6.49. The zero-order valence-electron chi connectivity index (χ0n) is 12.7. The fourth-order valence-electron chi connectivity index (χ4n) is 3.57. The number of amides is 1. The molecule has 2 aliphatic rings. The highest BCUT2D eigenvalue weighted by Gasteiger charge is 2.26. The average molecular weight is 291 g/mol. The van der Waals surface area contributed by atoms with Crippen molar-refractivity contribution in [2.24, 2.45) is 11.8 Å². The molecule has 5 heteroatoms. The van der Waals surface area contributed by atoms with Crippen LogP contribution >= 0.6 is 0 Å². The van der Waals surface area contributed by atoms with Crippen LogP contribution in [0.3, 0.4) is 0 Å². The SMILES string of the molecule is CC1CCCCC1CNC(=O)c1cn[nH]c1C1CCOC1. The number of nitrogens with one attached hydrogen (secondary N) is 2. The average Bonchev–Trinajstić information content (AvgIpc) is 3.16. The van der Waals surface area contributed by atoms with Crippen LogP contribution in [0.1, 0.15) is 61.0 Å². The van der Waals surface area contributed by atoms with Gasteiger partial charge in [0.1, 0.15) is 0 Å². The summed E-state index contributed by atoms with van der Waals surface area (Å²) in [5, 5.41) is 10.1. The molecular formula is C16H25N3O2. The third kappa shape index (κ3) is 3.28. The van der Waals surface area contributed by atoms with Crippen molar-refractivity contribution in [2.45, 2.75) is 44.9 Å². The second kappa shape index (κ2) is 6.60. The molecule has 0 radical (unpaired) electrons. The molecule has 2 N–H and O–H groups in total. The van der Waals surface area contributed by atoms with E-state index in [-0.39, 0.29) is 11.8 Å². The Balaban J connectivity index is 1.59. The van der Waals surface area contributed by atoms with Crippen LogP contribution in [0.4, 0.5) is 0 Å². The maximum absolute atomic E-state index is 12.4. The highest BCUT2D eigenvalue weighted by Crippen LogP contribution is 2.29. The van der Waals surface area contributed by atoms with E-state index in [1.165, 1.54) is 25.7 Å². The molecule has 1 saturated heterocycles. The summed E-state index contributed by atoms with van der Waals surface area (Å²) in [5.41, 5.74) is 1.62. The lowest BCUT2D eigenvalue weighted by Crippen LogP contribution is -2.33. The first-order valence-corrected chi connectivity index (χ1v) is 8.15. The molecule has 2 heterocycles. The summed E-state index contributed by atoms with van der Waals surface area (Å²) in [6.07, 6.45) is 7.75. The van der Waals surface area contributed by atoms with Gasteiger partial charge in [0.2, 0.25) is 0 Å². The third-order valence-electron chi connectivity index (χ3n) is 5.07. The quantitative estimate of drug-likeness (QED) is 0.895. The van der Waals surface area contributed by atoms with Gasteiger partial charge in [-0.3, -0.25) is 9.89 Å². The van der Waals surface area contributed by atoms with E-state index in [4.69, 9.17) is 4.74 Å². The van der Waals surface area contributed by atoms with Gasteiger partial charge in [0, 0.05) is 19.1 Å². The Labute approximate surface area is 125 Å². The zero-order chi connectivity index (χ0) is 14.7. The molecule has 0 bridgehead atoms. The van der Waals surface area contributed by atoms with Gasteiger partial charge in [0.15, 0.2) is 0 Å². The summed E-state index contributed by atoms with van der Waals surface area (Å²) in [5.74, 6) is 1.62. The van der Waals surface area contributed by atoms with Crippen molar-refractivity contribution in [3.05, 3.63) is 17.5 Å². The van der Waals surface area contributed by atoms with E-state index in [0.717, 1.165) is 25.3 Å². The zero-order valence-corrected chi connectivity index (χ0v) is 12.7. The van der Waals surface area contributed by atoms with E-state index in [0.29, 0.717) is 24.0 Å². The largest absolute Gasteiger partial charge is 0.381 e. The number of hydrogen-bond donors (Lipinski definition) is 2. The predicted molar refractivity (Wildman–Crippen MR) is 80.2 cm³/mol. The van der Waals surface area contributed by atoms with Crippen LogP contribution in [0.15, 0.2) is 6.20 Å². The summed E-state index contributed by atoms with van der Waals surface area (Å²) < 4.78 is 5.41. The number of carbonyl (C=O) groups excluding carboxylic acids is 1. The molecule has 5 nitrogen and oxygen atoms in total. The summed E-state index contributed by atoms with van der Waals surface area (Å²) in [6, 6.07) is 0. The molecule has 1 aliphatic heterocycles. The molecule has 1 aromatic heterocycles. The lowest BCUT2D eigenvalue weighted by Gasteiger charge is -2.28. The molecule has 3 rings (SSSR count). The monoisotopic (exact) mass is 291 g/mol. The summed E-state index contributed by atoms with van der Waals surface area (Å²) in [4.78, 5) is 12.4. The Morgan fingerprint density at radius 2 is 2.29 bits per heavy atom. The Morgan fingerprint density at radius 1 is 1.43 bits per heavy atom. The summed E-state index contributed by atoms with van der Waals surface area (Å²) in [7, 11) is 0. The van der Waals surface area contributed by atoms with E-state index in [1.54, 1.807) is 6.20 Å². The smallest absolute Gasteiger partial charge is 0.254 e. The predicted octanol–water partition coefficient (Wildman–Crippen LogP) is 2.47. The molecule has 2 fully saturated rings. The van der Waals surface area contributed by atoms with Crippen LogP contribution in [0, 0.1) is 11.8 Å². The van der Waals surface area contributed by atoms with Crippen LogP contribution < -0.4 is 5.32 Å². The standard InChI is InChI=1S/C16H25N3O2/c1-11-4-2-3-5-12(11)8-17-16(20)14-9-18-19-15(14)13-6-7-21-10-13/h9,11-13H,2-8,10H2,1H3,(H,17,20)(H,18,19). The maximum atomic E-state index is 12.4. The first kappa shape index (κ1) is 14.6. The van der Waals surface area contributed by atoms with Gasteiger partial charge >= 0.3 is 0 Å². The van der Waals surface area contributed by atoms with E-state index in [2.05, 4.69) is 22.4 Å². The van der Waals surface area contributed by atoms with Gasteiger partial charge in [0.25, 0.3) is 5.91 Å². The van der Waals surface area contributed by atoms with E-state index in [9.17, 15) is 4.79 Å². The number of aromatic nitrogens is 2. The Bertz CT molecular complexity index is 480. The Hall–Kier alpha value is -1.36. The molecule has 1 aromatic rings. The third-order valence-corrected chi connectivity index (χ3v) is 5.07. The van der Waals surface area contributed by atoms with Gasteiger partial charge in [-0.05, 0) is 24.7 Å². The van der Waals surface area contributed by atoms with Crippen molar-refractivity contribution in [3.63, 3.8) is 0 Å². The van der Waals surface area contributed by atoms with Crippen molar-refractivity contribution in [3.8, 4) is 0 Å². The summed E-state index contributed by atoms with van der Waals surface area (Å²) in [6.45, 7) is 4.54. The highest BCUT2D eigenvalue weighted by atomic mass is 16.5.